The number of nitrogens with zero attached hydrogens (tertiary/aromatic N) is 3. The smallest absolute Gasteiger partial charge is 0.254 e. The molecule has 6 nitrogen and oxygen atoms in total. The first kappa shape index (κ1) is 18.9. The lowest BCUT2D eigenvalue weighted by molar-refractivity contribution is -0.133. The molecule has 2 aromatic rings. The van der Waals surface area contributed by atoms with Crippen LogP contribution in [0.15, 0.2) is 42.6 Å². The van der Waals surface area contributed by atoms with Gasteiger partial charge in [-0.25, -0.2) is 0 Å². The van der Waals surface area contributed by atoms with Gasteiger partial charge in [-0.1, -0.05) is 6.07 Å². The van der Waals surface area contributed by atoms with E-state index in [9.17, 15) is 9.59 Å². The summed E-state index contributed by atoms with van der Waals surface area (Å²) in [6.45, 7) is 7.13. The normalized spacial score (nSPS) is 16.1. The minimum absolute atomic E-state index is 0.0389. The van der Waals surface area contributed by atoms with Crippen molar-refractivity contribution >= 4 is 11.8 Å². The highest BCUT2D eigenvalue weighted by molar-refractivity contribution is 5.96. The molecule has 0 saturated carbocycles. The Morgan fingerprint density at radius 3 is 2.52 bits per heavy atom. The molecule has 27 heavy (non-hydrogen) atoms. The Balaban J connectivity index is 1.92. The van der Waals surface area contributed by atoms with Crippen molar-refractivity contribution in [3.63, 3.8) is 0 Å². The monoisotopic (exact) mass is 367 g/mol. The SMILES string of the molecule is COc1ccc(C(=O)N2CCN(C(C)=O)CC2(C)C)cc1-c1ccccn1. The fraction of sp³-hybridized carbons (Fsp3) is 0.381. The highest BCUT2D eigenvalue weighted by Crippen LogP contribution is 2.31. The Labute approximate surface area is 159 Å². The molecular formula is C21H25N3O3. The molecule has 1 aromatic carbocycles. The maximum atomic E-state index is 13.2. The van der Waals surface area contributed by atoms with Crippen LogP contribution in [0.25, 0.3) is 11.3 Å². The average molecular weight is 367 g/mol. The second-order valence-electron chi connectivity index (χ2n) is 7.34. The molecule has 2 heterocycles. The molecule has 0 aliphatic carbocycles. The Hall–Kier alpha value is -2.89. The predicted octanol–water partition coefficient (Wildman–Crippen LogP) is 2.84. The summed E-state index contributed by atoms with van der Waals surface area (Å²) in [5.74, 6) is 0.658. The molecule has 0 unspecified atom stereocenters. The molecule has 1 fully saturated rings. The summed E-state index contributed by atoms with van der Waals surface area (Å²) >= 11 is 0. The van der Waals surface area contributed by atoms with Gasteiger partial charge in [-0.15, -0.1) is 0 Å². The topological polar surface area (TPSA) is 62.7 Å². The number of amides is 2. The summed E-state index contributed by atoms with van der Waals surface area (Å²) in [4.78, 5) is 33.0. The molecule has 0 atom stereocenters. The van der Waals surface area contributed by atoms with Gasteiger partial charge < -0.3 is 14.5 Å². The van der Waals surface area contributed by atoms with E-state index in [0.29, 0.717) is 30.9 Å². The average Bonchev–Trinajstić information content (AvgIpc) is 2.66. The molecule has 0 spiro atoms. The van der Waals surface area contributed by atoms with Gasteiger partial charge in [0.05, 0.1) is 18.3 Å². The number of piperazine rings is 1. The maximum Gasteiger partial charge on any atom is 0.254 e. The Morgan fingerprint density at radius 1 is 1.15 bits per heavy atom. The van der Waals surface area contributed by atoms with E-state index in [-0.39, 0.29) is 11.8 Å². The third kappa shape index (κ3) is 3.79. The van der Waals surface area contributed by atoms with Crippen LogP contribution in [-0.4, -0.2) is 58.9 Å². The third-order valence-electron chi connectivity index (χ3n) is 4.98. The first-order valence-electron chi connectivity index (χ1n) is 9.00. The Bertz CT molecular complexity index is 849. The van der Waals surface area contributed by atoms with E-state index >= 15 is 0 Å². The van der Waals surface area contributed by atoms with Crippen LogP contribution in [0, 0.1) is 0 Å². The number of benzene rings is 1. The Kier molecular flexibility index (Phi) is 5.17. The number of carbonyl (C=O) groups is 2. The van der Waals surface area contributed by atoms with E-state index in [0.717, 1.165) is 11.3 Å². The summed E-state index contributed by atoms with van der Waals surface area (Å²) in [6, 6.07) is 11.1. The van der Waals surface area contributed by atoms with Gasteiger partial charge in [-0.2, -0.15) is 0 Å². The van der Waals surface area contributed by atoms with E-state index in [4.69, 9.17) is 4.74 Å². The van der Waals surface area contributed by atoms with Gasteiger partial charge in [0.15, 0.2) is 0 Å². The first-order chi connectivity index (χ1) is 12.8. The van der Waals surface area contributed by atoms with Crippen LogP contribution in [0.5, 0.6) is 5.75 Å². The molecule has 0 bridgehead atoms. The van der Waals surface area contributed by atoms with Gasteiger partial charge in [-0.3, -0.25) is 14.6 Å². The van der Waals surface area contributed by atoms with Crippen LogP contribution in [-0.2, 0) is 4.79 Å². The van der Waals surface area contributed by atoms with Crippen molar-refractivity contribution in [2.45, 2.75) is 26.3 Å². The largest absolute Gasteiger partial charge is 0.496 e. The fourth-order valence-corrected chi connectivity index (χ4v) is 3.52. The lowest BCUT2D eigenvalue weighted by Crippen LogP contribution is -2.61. The summed E-state index contributed by atoms with van der Waals surface area (Å²) in [7, 11) is 1.60. The zero-order valence-electron chi connectivity index (χ0n) is 16.2. The van der Waals surface area contributed by atoms with Crippen LogP contribution in [0.1, 0.15) is 31.1 Å². The second-order valence-corrected chi connectivity index (χ2v) is 7.34. The third-order valence-corrected chi connectivity index (χ3v) is 4.98. The molecule has 0 radical (unpaired) electrons. The van der Waals surface area contributed by atoms with Crippen LogP contribution in [0.4, 0.5) is 0 Å². The molecular weight excluding hydrogens is 342 g/mol. The number of pyridine rings is 1. The van der Waals surface area contributed by atoms with Crippen molar-refractivity contribution in [1.82, 2.24) is 14.8 Å². The standard InChI is InChI=1S/C21H25N3O3/c1-15(25)23-11-12-24(21(2,3)14-23)20(26)16-8-9-19(27-4)17(13-16)18-7-5-6-10-22-18/h5-10,13H,11-12,14H2,1-4H3. The summed E-state index contributed by atoms with van der Waals surface area (Å²) in [5.41, 5.74) is 1.68. The van der Waals surface area contributed by atoms with E-state index in [1.165, 1.54) is 0 Å². The molecule has 2 amide bonds. The lowest BCUT2D eigenvalue weighted by Gasteiger charge is -2.47. The van der Waals surface area contributed by atoms with E-state index < -0.39 is 5.54 Å². The molecule has 3 rings (SSSR count). The minimum atomic E-state index is -0.438. The number of carbonyl (C=O) groups excluding carboxylic acids is 2. The minimum Gasteiger partial charge on any atom is -0.496 e. The molecule has 142 valence electrons. The number of ether oxygens (including phenoxy) is 1. The molecule has 0 N–H and O–H groups in total. The highest BCUT2D eigenvalue weighted by Gasteiger charge is 2.38. The van der Waals surface area contributed by atoms with E-state index in [1.807, 2.05) is 43.0 Å². The maximum absolute atomic E-state index is 13.2. The molecule has 1 aliphatic rings. The van der Waals surface area contributed by atoms with Gasteiger partial charge >= 0.3 is 0 Å². The summed E-state index contributed by atoms with van der Waals surface area (Å²) < 4.78 is 5.45. The van der Waals surface area contributed by atoms with E-state index in [2.05, 4.69) is 4.98 Å². The summed E-state index contributed by atoms with van der Waals surface area (Å²) in [6.07, 6.45) is 1.72. The van der Waals surface area contributed by atoms with Gasteiger partial charge in [0.2, 0.25) is 5.91 Å². The van der Waals surface area contributed by atoms with Gasteiger partial charge in [0.1, 0.15) is 5.75 Å². The highest BCUT2D eigenvalue weighted by atomic mass is 16.5. The summed E-state index contributed by atoms with van der Waals surface area (Å²) in [5, 5.41) is 0. The van der Waals surface area contributed by atoms with Crippen molar-refractivity contribution in [3.8, 4) is 17.0 Å². The van der Waals surface area contributed by atoms with Crippen LogP contribution in [0.2, 0.25) is 0 Å². The second kappa shape index (κ2) is 7.39. The molecule has 1 aliphatic heterocycles. The fourth-order valence-electron chi connectivity index (χ4n) is 3.52. The lowest BCUT2D eigenvalue weighted by atomic mass is 9.96. The predicted molar refractivity (Wildman–Crippen MR) is 104 cm³/mol. The molecule has 1 aromatic heterocycles. The van der Waals surface area contributed by atoms with Crippen molar-refractivity contribution in [2.75, 3.05) is 26.7 Å². The van der Waals surface area contributed by atoms with E-state index in [1.54, 1.807) is 37.3 Å². The van der Waals surface area contributed by atoms with Crippen LogP contribution < -0.4 is 4.74 Å². The van der Waals surface area contributed by atoms with Crippen molar-refractivity contribution in [1.29, 1.82) is 0 Å². The molecule has 6 heteroatoms. The number of methoxy groups -OCH3 is 1. The Morgan fingerprint density at radius 2 is 1.93 bits per heavy atom. The van der Waals surface area contributed by atoms with Gasteiger partial charge in [0.25, 0.3) is 5.91 Å². The quantitative estimate of drug-likeness (QED) is 0.837. The van der Waals surface area contributed by atoms with Crippen LogP contribution in [0.3, 0.4) is 0 Å². The van der Waals surface area contributed by atoms with Crippen molar-refractivity contribution in [3.05, 3.63) is 48.2 Å². The first-order valence-corrected chi connectivity index (χ1v) is 9.00. The van der Waals surface area contributed by atoms with Gasteiger partial charge in [-0.05, 0) is 44.2 Å². The van der Waals surface area contributed by atoms with Gasteiger partial charge in [0, 0.05) is 43.9 Å². The zero-order valence-corrected chi connectivity index (χ0v) is 16.2. The number of rotatable bonds is 3. The number of hydrogen-bond acceptors (Lipinski definition) is 4. The molecule has 1 saturated heterocycles. The van der Waals surface area contributed by atoms with Crippen LogP contribution >= 0.6 is 0 Å². The van der Waals surface area contributed by atoms with Crippen molar-refractivity contribution < 1.29 is 14.3 Å². The number of hydrogen-bond donors (Lipinski definition) is 0. The van der Waals surface area contributed by atoms with Crippen molar-refractivity contribution in [2.24, 2.45) is 0 Å². The zero-order chi connectivity index (χ0) is 19.6. The number of aromatic nitrogens is 1.